The Morgan fingerprint density at radius 2 is 1.76 bits per heavy atom. The van der Waals surface area contributed by atoms with Crippen molar-refractivity contribution in [3.8, 4) is 17.0 Å². The first kappa shape index (κ1) is 23.9. The summed E-state index contributed by atoms with van der Waals surface area (Å²) in [6.45, 7) is 3.36. The molecule has 0 bridgehead atoms. The molecular weight excluding hydrogens is 418 g/mol. The summed E-state index contributed by atoms with van der Waals surface area (Å²) in [6.07, 6.45) is 3.02. The molecule has 7 heteroatoms. The number of carbonyl (C=O) groups excluding carboxylic acids is 1. The van der Waals surface area contributed by atoms with Crippen LogP contribution in [0.1, 0.15) is 29.3 Å². The number of ether oxygens (including phenoxy) is 1. The second-order valence-corrected chi connectivity index (χ2v) is 7.59. The summed E-state index contributed by atoms with van der Waals surface area (Å²) < 4.78 is 5.69. The van der Waals surface area contributed by atoms with Crippen molar-refractivity contribution in [3.63, 3.8) is 0 Å². The zero-order valence-electron chi connectivity index (χ0n) is 18.7. The molecule has 7 nitrogen and oxygen atoms in total. The van der Waals surface area contributed by atoms with Gasteiger partial charge in [0.15, 0.2) is 0 Å². The minimum Gasteiger partial charge on any atom is -0.492 e. The van der Waals surface area contributed by atoms with Gasteiger partial charge in [-0.1, -0.05) is 37.3 Å². The molecule has 1 amide bonds. The predicted octanol–water partition coefficient (Wildman–Crippen LogP) is 3.55. The summed E-state index contributed by atoms with van der Waals surface area (Å²) in [7, 11) is 0. The fourth-order valence-corrected chi connectivity index (χ4v) is 3.28. The molecule has 33 heavy (non-hydrogen) atoms. The number of amides is 1. The van der Waals surface area contributed by atoms with Crippen LogP contribution in [0, 0.1) is 0 Å². The van der Waals surface area contributed by atoms with E-state index >= 15 is 0 Å². The molecule has 3 N–H and O–H groups in total. The highest BCUT2D eigenvalue weighted by molar-refractivity contribution is 5.94. The Balaban J connectivity index is 1.42. The van der Waals surface area contributed by atoms with Crippen molar-refractivity contribution in [1.82, 2.24) is 15.6 Å². The summed E-state index contributed by atoms with van der Waals surface area (Å²) in [6, 6.07) is 19.8. The van der Waals surface area contributed by atoms with Crippen LogP contribution in [0.2, 0.25) is 0 Å². The van der Waals surface area contributed by atoms with E-state index in [2.05, 4.69) is 15.6 Å². The van der Waals surface area contributed by atoms with Crippen LogP contribution in [-0.2, 0) is 11.2 Å². The number of pyridine rings is 1. The average molecular weight is 448 g/mol. The van der Waals surface area contributed by atoms with E-state index in [4.69, 9.17) is 4.74 Å². The Labute approximate surface area is 193 Å². The van der Waals surface area contributed by atoms with Gasteiger partial charge in [0.25, 0.3) is 5.91 Å². The number of aliphatic carboxylic acids is 1. The summed E-state index contributed by atoms with van der Waals surface area (Å²) in [4.78, 5) is 28.0. The molecule has 1 aromatic heterocycles. The summed E-state index contributed by atoms with van der Waals surface area (Å²) >= 11 is 0. The first-order chi connectivity index (χ1) is 16.1. The van der Waals surface area contributed by atoms with E-state index in [0.29, 0.717) is 37.4 Å². The number of rotatable bonds is 12. The molecule has 0 saturated carbocycles. The van der Waals surface area contributed by atoms with Gasteiger partial charge in [-0.2, -0.15) is 0 Å². The second kappa shape index (κ2) is 12.4. The molecule has 172 valence electrons. The summed E-state index contributed by atoms with van der Waals surface area (Å²) in [5.41, 5.74) is 3.30. The Morgan fingerprint density at radius 1 is 1.00 bits per heavy atom. The second-order valence-electron chi connectivity index (χ2n) is 7.59. The Kier molecular flexibility index (Phi) is 8.97. The maximum atomic E-state index is 12.3. The van der Waals surface area contributed by atoms with Crippen molar-refractivity contribution < 1.29 is 19.4 Å². The molecule has 1 heterocycles. The molecule has 0 fully saturated rings. The average Bonchev–Trinajstić information content (AvgIpc) is 2.85. The van der Waals surface area contributed by atoms with Crippen LogP contribution in [0.25, 0.3) is 11.3 Å². The third-order valence-electron chi connectivity index (χ3n) is 5.07. The number of carboxylic acid groups (broad SMARTS) is 1. The Morgan fingerprint density at radius 3 is 2.39 bits per heavy atom. The van der Waals surface area contributed by atoms with Gasteiger partial charge < -0.3 is 20.5 Å². The van der Waals surface area contributed by atoms with Gasteiger partial charge in [0, 0.05) is 17.3 Å². The van der Waals surface area contributed by atoms with Crippen molar-refractivity contribution in [2.75, 3.05) is 19.7 Å². The molecule has 0 saturated heterocycles. The van der Waals surface area contributed by atoms with Gasteiger partial charge in [0.2, 0.25) is 0 Å². The first-order valence-corrected chi connectivity index (χ1v) is 11.0. The van der Waals surface area contributed by atoms with Gasteiger partial charge in [0.05, 0.1) is 12.2 Å². The van der Waals surface area contributed by atoms with E-state index in [-0.39, 0.29) is 5.91 Å². The molecule has 0 aliphatic rings. The fraction of sp³-hybridized carbons (Fsp3) is 0.269. The summed E-state index contributed by atoms with van der Waals surface area (Å²) in [5, 5.41) is 15.2. The topological polar surface area (TPSA) is 101 Å². The fourth-order valence-electron chi connectivity index (χ4n) is 3.28. The van der Waals surface area contributed by atoms with E-state index < -0.39 is 12.0 Å². The third-order valence-corrected chi connectivity index (χ3v) is 5.07. The molecule has 3 aromatic rings. The highest BCUT2D eigenvalue weighted by atomic mass is 16.5. The van der Waals surface area contributed by atoms with E-state index in [9.17, 15) is 14.7 Å². The lowest BCUT2D eigenvalue weighted by Crippen LogP contribution is -2.38. The third kappa shape index (κ3) is 7.43. The lowest BCUT2D eigenvalue weighted by molar-refractivity contribution is -0.139. The highest BCUT2D eigenvalue weighted by Gasteiger charge is 2.16. The molecule has 0 aliphatic carbocycles. The van der Waals surface area contributed by atoms with E-state index in [1.54, 1.807) is 18.3 Å². The summed E-state index contributed by atoms with van der Waals surface area (Å²) in [5.74, 6) is -0.354. The van der Waals surface area contributed by atoms with Gasteiger partial charge in [0.1, 0.15) is 18.4 Å². The van der Waals surface area contributed by atoms with Crippen molar-refractivity contribution >= 4 is 11.9 Å². The van der Waals surface area contributed by atoms with Crippen molar-refractivity contribution in [1.29, 1.82) is 0 Å². The van der Waals surface area contributed by atoms with Crippen molar-refractivity contribution in [2.24, 2.45) is 0 Å². The van der Waals surface area contributed by atoms with Crippen LogP contribution < -0.4 is 15.4 Å². The van der Waals surface area contributed by atoms with Gasteiger partial charge >= 0.3 is 5.97 Å². The zero-order chi connectivity index (χ0) is 23.5. The van der Waals surface area contributed by atoms with Crippen LogP contribution in [0.4, 0.5) is 0 Å². The van der Waals surface area contributed by atoms with Crippen LogP contribution in [0.5, 0.6) is 5.75 Å². The quantitative estimate of drug-likeness (QED) is 0.367. The maximum Gasteiger partial charge on any atom is 0.321 e. The number of nitrogens with one attached hydrogen (secondary N) is 2. The number of hydrogen-bond donors (Lipinski definition) is 3. The monoisotopic (exact) mass is 447 g/mol. The smallest absolute Gasteiger partial charge is 0.321 e. The molecule has 0 aliphatic heterocycles. The lowest BCUT2D eigenvalue weighted by Gasteiger charge is -2.14. The van der Waals surface area contributed by atoms with Gasteiger partial charge in [-0.15, -0.1) is 0 Å². The highest BCUT2D eigenvalue weighted by Crippen LogP contribution is 2.17. The number of benzene rings is 2. The SMILES string of the molecule is CCCNC(Cc1ccc(OCCNC(=O)c2ccc(-c3ccccn3)cc2)cc1)C(=O)O. The lowest BCUT2D eigenvalue weighted by atomic mass is 10.1. The molecular formula is C26H29N3O4. The van der Waals surface area contributed by atoms with E-state index in [1.807, 2.05) is 61.5 Å². The Bertz CT molecular complexity index is 1020. The predicted molar refractivity (Wildman–Crippen MR) is 127 cm³/mol. The number of nitrogens with zero attached hydrogens (tertiary/aromatic N) is 1. The van der Waals surface area contributed by atoms with Gasteiger partial charge in [-0.05, 0) is 61.3 Å². The van der Waals surface area contributed by atoms with E-state index in [1.165, 1.54) is 0 Å². The minimum atomic E-state index is -0.856. The van der Waals surface area contributed by atoms with Crippen LogP contribution in [0.15, 0.2) is 72.9 Å². The Hall–Kier alpha value is -3.71. The zero-order valence-corrected chi connectivity index (χ0v) is 18.7. The molecule has 2 aromatic carbocycles. The van der Waals surface area contributed by atoms with Crippen molar-refractivity contribution in [2.45, 2.75) is 25.8 Å². The molecule has 1 atom stereocenters. The van der Waals surface area contributed by atoms with Crippen LogP contribution >= 0.6 is 0 Å². The number of aromatic nitrogens is 1. The number of hydrogen-bond acceptors (Lipinski definition) is 5. The molecule has 0 spiro atoms. The van der Waals surface area contributed by atoms with Gasteiger partial charge in [-0.3, -0.25) is 14.6 Å². The molecule has 1 unspecified atom stereocenters. The first-order valence-electron chi connectivity index (χ1n) is 11.0. The number of carboxylic acids is 1. The van der Waals surface area contributed by atoms with Gasteiger partial charge in [-0.25, -0.2) is 0 Å². The largest absolute Gasteiger partial charge is 0.492 e. The standard InChI is InChI=1S/C26H29N3O4/c1-2-14-27-24(26(31)32)18-19-6-12-22(13-7-19)33-17-16-29-25(30)21-10-8-20(9-11-21)23-5-3-4-15-28-23/h3-13,15,24,27H,2,14,16-18H2,1H3,(H,29,30)(H,31,32). The van der Waals surface area contributed by atoms with Crippen molar-refractivity contribution in [3.05, 3.63) is 84.1 Å². The molecule has 0 radical (unpaired) electrons. The number of carbonyl (C=O) groups is 2. The molecule has 3 rings (SSSR count). The maximum absolute atomic E-state index is 12.3. The normalized spacial score (nSPS) is 11.5. The van der Waals surface area contributed by atoms with Crippen LogP contribution in [-0.4, -0.2) is 47.7 Å². The van der Waals surface area contributed by atoms with Crippen LogP contribution in [0.3, 0.4) is 0 Å². The minimum absolute atomic E-state index is 0.166. The van der Waals surface area contributed by atoms with E-state index in [0.717, 1.165) is 23.2 Å².